The number of hydrogen-bond acceptors (Lipinski definition) is 5. The molecule has 29 heavy (non-hydrogen) atoms. The zero-order valence-corrected chi connectivity index (χ0v) is 18.4. The number of aryl methyl sites for hydroxylation is 1. The minimum atomic E-state index is -0.147. The van der Waals surface area contributed by atoms with Crippen molar-refractivity contribution in [2.24, 2.45) is 5.92 Å². The number of carbonyl (C=O) groups excluding carboxylic acids is 2. The lowest BCUT2D eigenvalue weighted by molar-refractivity contribution is -0.138. The van der Waals surface area contributed by atoms with Crippen molar-refractivity contribution in [2.45, 2.75) is 78.9 Å². The third-order valence-corrected chi connectivity index (χ3v) is 5.70. The van der Waals surface area contributed by atoms with Crippen molar-refractivity contribution in [2.75, 3.05) is 24.6 Å². The van der Waals surface area contributed by atoms with E-state index in [4.69, 9.17) is 14.7 Å². The third kappa shape index (κ3) is 4.94. The van der Waals surface area contributed by atoms with Gasteiger partial charge in [-0.3, -0.25) is 14.5 Å². The van der Waals surface area contributed by atoms with E-state index in [1.807, 2.05) is 30.6 Å². The van der Waals surface area contributed by atoms with Crippen LogP contribution in [0.4, 0.5) is 5.82 Å². The molecular formula is C22H34N4O3. The number of anilines is 1. The summed E-state index contributed by atoms with van der Waals surface area (Å²) >= 11 is 0. The van der Waals surface area contributed by atoms with Crippen LogP contribution in [0.1, 0.15) is 76.5 Å². The van der Waals surface area contributed by atoms with Gasteiger partial charge in [-0.15, -0.1) is 0 Å². The second kappa shape index (κ2) is 9.20. The van der Waals surface area contributed by atoms with E-state index in [9.17, 15) is 9.59 Å². The molecule has 0 saturated carbocycles. The number of carbonyl (C=O) groups is 2. The summed E-state index contributed by atoms with van der Waals surface area (Å²) in [6.45, 7) is 11.6. The van der Waals surface area contributed by atoms with E-state index in [1.54, 1.807) is 0 Å². The largest absolute Gasteiger partial charge is 0.369 e. The number of amides is 2. The molecule has 0 spiro atoms. The minimum absolute atomic E-state index is 0.0165. The monoisotopic (exact) mass is 402 g/mol. The maximum Gasteiger partial charge on any atom is 0.249 e. The van der Waals surface area contributed by atoms with Crippen LogP contribution in [0.25, 0.3) is 0 Å². The molecule has 160 valence electrons. The SMILES string of the molecule is Cc1nc(C2CCCN2C(=O)COC(C)C)nc2c1CCC(=O)N2CCC(C)C. The number of ether oxygens (including phenoxy) is 1. The van der Waals surface area contributed by atoms with Gasteiger partial charge in [-0.25, -0.2) is 9.97 Å². The summed E-state index contributed by atoms with van der Waals surface area (Å²) in [6, 6.07) is -0.147. The van der Waals surface area contributed by atoms with Gasteiger partial charge in [0, 0.05) is 30.8 Å². The van der Waals surface area contributed by atoms with Gasteiger partial charge in [0.15, 0.2) is 5.82 Å². The number of rotatable bonds is 7. The third-order valence-electron chi connectivity index (χ3n) is 5.70. The molecular weight excluding hydrogens is 368 g/mol. The predicted molar refractivity (Wildman–Crippen MR) is 112 cm³/mol. The Balaban J connectivity index is 1.88. The molecule has 1 aromatic heterocycles. The zero-order chi connectivity index (χ0) is 21.1. The first-order valence-corrected chi connectivity index (χ1v) is 10.9. The van der Waals surface area contributed by atoms with Crippen molar-refractivity contribution < 1.29 is 14.3 Å². The van der Waals surface area contributed by atoms with Gasteiger partial charge in [-0.05, 0) is 52.4 Å². The standard InChI is InChI=1S/C22H34N4O3/c1-14(2)10-12-26-19(27)9-8-17-16(5)23-21(24-22(17)26)18-7-6-11-25(18)20(28)13-29-15(3)4/h14-15,18H,6-13H2,1-5H3. The van der Waals surface area contributed by atoms with Gasteiger partial charge in [-0.2, -0.15) is 0 Å². The molecule has 0 N–H and O–H groups in total. The van der Waals surface area contributed by atoms with Crippen LogP contribution >= 0.6 is 0 Å². The van der Waals surface area contributed by atoms with Crippen LogP contribution in [0.3, 0.4) is 0 Å². The molecule has 2 aliphatic heterocycles. The summed E-state index contributed by atoms with van der Waals surface area (Å²) in [7, 11) is 0. The van der Waals surface area contributed by atoms with Gasteiger partial charge >= 0.3 is 0 Å². The van der Waals surface area contributed by atoms with Crippen LogP contribution < -0.4 is 4.90 Å². The van der Waals surface area contributed by atoms with Crippen LogP contribution in [0.2, 0.25) is 0 Å². The maximum absolute atomic E-state index is 12.7. The highest BCUT2D eigenvalue weighted by Gasteiger charge is 2.35. The van der Waals surface area contributed by atoms with Crippen molar-refractivity contribution in [1.82, 2.24) is 14.9 Å². The van der Waals surface area contributed by atoms with E-state index < -0.39 is 0 Å². The second-order valence-electron chi connectivity index (χ2n) is 8.80. The highest BCUT2D eigenvalue weighted by atomic mass is 16.5. The molecule has 3 heterocycles. The number of hydrogen-bond donors (Lipinski definition) is 0. The van der Waals surface area contributed by atoms with Crippen molar-refractivity contribution in [1.29, 1.82) is 0 Å². The van der Waals surface area contributed by atoms with Gasteiger partial charge in [-0.1, -0.05) is 13.8 Å². The zero-order valence-electron chi connectivity index (χ0n) is 18.4. The number of aromatic nitrogens is 2. The molecule has 0 aromatic carbocycles. The second-order valence-corrected chi connectivity index (χ2v) is 8.80. The highest BCUT2D eigenvalue weighted by Crippen LogP contribution is 2.34. The van der Waals surface area contributed by atoms with Crippen LogP contribution in [-0.2, 0) is 20.7 Å². The molecule has 3 rings (SSSR count). The average molecular weight is 403 g/mol. The van der Waals surface area contributed by atoms with Gasteiger partial charge in [0.05, 0.1) is 12.1 Å². The average Bonchev–Trinajstić information content (AvgIpc) is 3.14. The van der Waals surface area contributed by atoms with E-state index in [2.05, 4.69) is 13.8 Å². The maximum atomic E-state index is 12.7. The fourth-order valence-electron chi connectivity index (χ4n) is 4.02. The van der Waals surface area contributed by atoms with E-state index in [0.29, 0.717) is 37.7 Å². The number of likely N-dealkylation sites (tertiary alicyclic amines) is 1. The Morgan fingerprint density at radius 1 is 1.21 bits per heavy atom. The van der Waals surface area contributed by atoms with Crippen molar-refractivity contribution >= 4 is 17.6 Å². The Morgan fingerprint density at radius 3 is 2.66 bits per heavy atom. The summed E-state index contributed by atoms with van der Waals surface area (Å²) in [5, 5.41) is 0. The topological polar surface area (TPSA) is 75.6 Å². The van der Waals surface area contributed by atoms with Crippen LogP contribution in [0.15, 0.2) is 0 Å². The van der Waals surface area contributed by atoms with Gasteiger partial charge < -0.3 is 9.64 Å². The Hall–Kier alpha value is -2.02. The molecule has 7 heteroatoms. The Labute approximate surface area is 173 Å². The minimum Gasteiger partial charge on any atom is -0.369 e. The molecule has 7 nitrogen and oxygen atoms in total. The van der Waals surface area contributed by atoms with Crippen molar-refractivity contribution in [3.8, 4) is 0 Å². The molecule has 2 aliphatic rings. The van der Waals surface area contributed by atoms with Crippen LogP contribution in [0, 0.1) is 12.8 Å². The van der Waals surface area contributed by atoms with E-state index in [-0.39, 0.29) is 30.6 Å². The molecule has 1 fully saturated rings. The fourth-order valence-corrected chi connectivity index (χ4v) is 4.02. The van der Waals surface area contributed by atoms with Gasteiger partial charge in [0.1, 0.15) is 12.4 Å². The van der Waals surface area contributed by atoms with E-state index in [1.165, 1.54) is 0 Å². The summed E-state index contributed by atoms with van der Waals surface area (Å²) in [4.78, 5) is 38.6. The van der Waals surface area contributed by atoms with Gasteiger partial charge in [0.2, 0.25) is 11.8 Å². The number of fused-ring (bicyclic) bond motifs is 1. The summed E-state index contributed by atoms with van der Waals surface area (Å²) in [5.74, 6) is 2.03. The Kier molecular flexibility index (Phi) is 6.88. The van der Waals surface area contributed by atoms with E-state index >= 15 is 0 Å². The van der Waals surface area contributed by atoms with Crippen molar-refractivity contribution in [3.05, 3.63) is 17.1 Å². The first-order chi connectivity index (χ1) is 13.8. The molecule has 2 amide bonds. The Bertz CT molecular complexity index is 763. The molecule has 0 aliphatic carbocycles. The lowest BCUT2D eigenvalue weighted by Gasteiger charge is -2.31. The molecule has 0 bridgehead atoms. The normalized spacial score (nSPS) is 19.4. The van der Waals surface area contributed by atoms with Crippen molar-refractivity contribution in [3.63, 3.8) is 0 Å². The smallest absolute Gasteiger partial charge is 0.249 e. The number of nitrogens with zero attached hydrogens (tertiary/aromatic N) is 4. The Morgan fingerprint density at radius 2 is 1.97 bits per heavy atom. The first-order valence-electron chi connectivity index (χ1n) is 10.9. The fraction of sp³-hybridized carbons (Fsp3) is 0.727. The summed E-state index contributed by atoms with van der Waals surface area (Å²) < 4.78 is 5.52. The first kappa shape index (κ1) is 21.7. The quantitative estimate of drug-likeness (QED) is 0.700. The molecule has 1 unspecified atom stereocenters. The molecule has 1 aromatic rings. The molecule has 1 atom stereocenters. The molecule has 1 saturated heterocycles. The summed E-state index contributed by atoms with van der Waals surface area (Å²) in [5.41, 5.74) is 1.99. The predicted octanol–water partition coefficient (Wildman–Crippen LogP) is 3.20. The van der Waals surface area contributed by atoms with E-state index in [0.717, 1.165) is 36.3 Å². The highest BCUT2D eigenvalue weighted by molar-refractivity contribution is 5.95. The van der Waals surface area contributed by atoms with Crippen LogP contribution in [0.5, 0.6) is 0 Å². The lowest BCUT2D eigenvalue weighted by Crippen LogP contribution is -2.39. The van der Waals surface area contributed by atoms with Gasteiger partial charge in [0.25, 0.3) is 0 Å². The molecule has 0 radical (unpaired) electrons. The van der Waals surface area contributed by atoms with Crippen LogP contribution in [-0.4, -0.2) is 52.5 Å². The lowest BCUT2D eigenvalue weighted by atomic mass is 10.0. The summed E-state index contributed by atoms with van der Waals surface area (Å²) in [6.07, 6.45) is 3.91.